The maximum atomic E-state index is 13.3. The fourth-order valence-corrected chi connectivity index (χ4v) is 4.80. The number of aromatic nitrogens is 3. The van der Waals surface area contributed by atoms with Gasteiger partial charge in [-0.25, -0.2) is 9.97 Å². The molecule has 0 saturated carbocycles. The molecule has 0 spiro atoms. The SMILES string of the molecule is Cc1cc(Cl)cc2sc(N(CCCn3ccnc3)C(=O)c3cccc(C(F)(F)F)c3)nc12.Cl. The molecule has 2 aromatic carbocycles. The summed E-state index contributed by atoms with van der Waals surface area (Å²) in [6.45, 7) is 2.75. The smallest absolute Gasteiger partial charge is 0.337 e. The van der Waals surface area contributed by atoms with Crippen LogP contribution in [0.4, 0.5) is 18.3 Å². The fourth-order valence-electron chi connectivity index (χ4n) is 3.36. The third-order valence-electron chi connectivity index (χ3n) is 4.91. The van der Waals surface area contributed by atoms with Gasteiger partial charge in [0.15, 0.2) is 5.13 Å². The van der Waals surface area contributed by atoms with Crippen molar-refractivity contribution in [2.45, 2.75) is 26.1 Å². The van der Waals surface area contributed by atoms with Gasteiger partial charge in [0.1, 0.15) is 0 Å². The molecule has 0 unspecified atom stereocenters. The highest BCUT2D eigenvalue weighted by Crippen LogP contribution is 2.34. The summed E-state index contributed by atoms with van der Waals surface area (Å²) in [5, 5.41) is 0.972. The number of imidazole rings is 1. The second kappa shape index (κ2) is 10.1. The Hall–Kier alpha value is -2.62. The number of nitrogens with zero attached hydrogens (tertiary/aromatic N) is 4. The van der Waals surface area contributed by atoms with Crippen LogP contribution < -0.4 is 4.90 Å². The molecule has 5 nitrogen and oxygen atoms in total. The maximum absolute atomic E-state index is 13.3. The van der Waals surface area contributed by atoms with Crippen LogP contribution in [0, 0.1) is 6.92 Å². The highest BCUT2D eigenvalue weighted by molar-refractivity contribution is 7.22. The molecule has 4 aromatic rings. The first-order valence-electron chi connectivity index (χ1n) is 9.74. The molecule has 2 heterocycles. The topological polar surface area (TPSA) is 51.0 Å². The van der Waals surface area contributed by atoms with Gasteiger partial charge in [-0.15, -0.1) is 12.4 Å². The monoisotopic (exact) mass is 514 g/mol. The second-order valence-corrected chi connectivity index (χ2v) is 8.70. The van der Waals surface area contributed by atoms with Crippen LogP contribution in [0.15, 0.2) is 55.1 Å². The predicted molar refractivity (Wildman–Crippen MR) is 127 cm³/mol. The normalized spacial score (nSPS) is 11.4. The number of anilines is 1. The zero-order chi connectivity index (χ0) is 22.9. The molecule has 0 aliphatic heterocycles. The van der Waals surface area contributed by atoms with Crippen molar-refractivity contribution in [2.24, 2.45) is 0 Å². The lowest BCUT2D eigenvalue weighted by molar-refractivity contribution is -0.137. The van der Waals surface area contributed by atoms with E-state index in [1.54, 1.807) is 24.7 Å². The minimum atomic E-state index is -4.54. The molecule has 1 amide bonds. The van der Waals surface area contributed by atoms with Gasteiger partial charge in [-0.2, -0.15) is 13.2 Å². The highest BCUT2D eigenvalue weighted by Gasteiger charge is 2.31. The van der Waals surface area contributed by atoms with Gasteiger partial charge in [0.2, 0.25) is 0 Å². The van der Waals surface area contributed by atoms with Crippen molar-refractivity contribution < 1.29 is 18.0 Å². The summed E-state index contributed by atoms with van der Waals surface area (Å²) < 4.78 is 42.2. The van der Waals surface area contributed by atoms with Crippen LogP contribution in [0.5, 0.6) is 0 Å². The van der Waals surface area contributed by atoms with E-state index in [4.69, 9.17) is 11.6 Å². The van der Waals surface area contributed by atoms with Crippen molar-refractivity contribution in [3.8, 4) is 0 Å². The molecule has 0 bridgehead atoms. The van der Waals surface area contributed by atoms with Crippen molar-refractivity contribution in [1.82, 2.24) is 14.5 Å². The summed E-state index contributed by atoms with van der Waals surface area (Å²) in [6, 6.07) is 8.00. The molecule has 174 valence electrons. The van der Waals surface area contributed by atoms with Gasteiger partial charge < -0.3 is 4.57 Å². The molecule has 4 rings (SSSR count). The summed E-state index contributed by atoms with van der Waals surface area (Å²) in [7, 11) is 0. The first kappa shape index (κ1) is 25.0. The van der Waals surface area contributed by atoms with E-state index in [9.17, 15) is 18.0 Å². The molecule has 0 atom stereocenters. The van der Waals surface area contributed by atoms with Crippen LogP contribution in [-0.2, 0) is 12.7 Å². The van der Waals surface area contributed by atoms with E-state index < -0.39 is 17.6 Å². The van der Waals surface area contributed by atoms with Crippen LogP contribution >= 0.6 is 35.3 Å². The fraction of sp³-hybridized carbons (Fsp3) is 0.227. The Morgan fingerprint density at radius 1 is 1.24 bits per heavy atom. The summed E-state index contributed by atoms with van der Waals surface area (Å²) in [5.41, 5.74) is 0.663. The van der Waals surface area contributed by atoms with Crippen LogP contribution in [0.1, 0.15) is 27.9 Å². The lowest BCUT2D eigenvalue weighted by Crippen LogP contribution is -2.32. The molecular weight excluding hydrogens is 496 g/mol. The number of thiazole rings is 1. The number of carbonyl (C=O) groups excluding carboxylic acids is 1. The largest absolute Gasteiger partial charge is 0.416 e. The Morgan fingerprint density at radius 3 is 2.73 bits per heavy atom. The number of amides is 1. The van der Waals surface area contributed by atoms with Gasteiger partial charge in [-0.1, -0.05) is 29.0 Å². The van der Waals surface area contributed by atoms with Gasteiger partial charge >= 0.3 is 6.18 Å². The second-order valence-electron chi connectivity index (χ2n) is 7.26. The molecule has 0 fully saturated rings. The van der Waals surface area contributed by atoms with E-state index in [0.29, 0.717) is 28.6 Å². The number of hydrogen-bond acceptors (Lipinski definition) is 4. The Balaban J connectivity index is 0.00000306. The van der Waals surface area contributed by atoms with E-state index in [0.717, 1.165) is 22.4 Å². The van der Waals surface area contributed by atoms with Gasteiger partial charge in [0.05, 0.1) is 22.1 Å². The Morgan fingerprint density at radius 2 is 2.03 bits per heavy atom. The molecule has 0 saturated heterocycles. The third-order valence-corrected chi connectivity index (χ3v) is 6.15. The predicted octanol–water partition coefficient (Wildman–Crippen LogP) is 6.63. The quantitative estimate of drug-likeness (QED) is 0.290. The van der Waals surface area contributed by atoms with E-state index in [1.807, 2.05) is 17.7 Å². The molecule has 0 aliphatic rings. The third kappa shape index (κ3) is 5.66. The number of benzene rings is 2. The molecule has 2 aromatic heterocycles. The van der Waals surface area contributed by atoms with Crippen LogP contribution in [0.25, 0.3) is 10.2 Å². The summed E-state index contributed by atoms with van der Waals surface area (Å²) >= 11 is 7.44. The van der Waals surface area contributed by atoms with Crippen molar-refractivity contribution in [2.75, 3.05) is 11.4 Å². The first-order chi connectivity index (χ1) is 15.2. The molecule has 0 radical (unpaired) electrons. The highest BCUT2D eigenvalue weighted by atomic mass is 35.5. The first-order valence-corrected chi connectivity index (χ1v) is 10.9. The van der Waals surface area contributed by atoms with E-state index in [2.05, 4.69) is 9.97 Å². The molecule has 11 heteroatoms. The lowest BCUT2D eigenvalue weighted by Gasteiger charge is -2.20. The van der Waals surface area contributed by atoms with Crippen LogP contribution in [0.3, 0.4) is 0 Å². The van der Waals surface area contributed by atoms with Gasteiger partial charge in [0, 0.05) is 36.1 Å². The summed E-state index contributed by atoms with van der Waals surface area (Å²) in [6.07, 6.45) is 1.17. The van der Waals surface area contributed by atoms with Crippen LogP contribution in [-0.4, -0.2) is 27.0 Å². The minimum absolute atomic E-state index is 0. The van der Waals surface area contributed by atoms with Crippen LogP contribution in [0.2, 0.25) is 5.02 Å². The number of carbonyl (C=O) groups is 1. The van der Waals surface area contributed by atoms with Crippen molar-refractivity contribution in [3.63, 3.8) is 0 Å². The lowest BCUT2D eigenvalue weighted by atomic mass is 10.1. The molecule has 0 N–H and O–H groups in total. The number of aryl methyl sites for hydroxylation is 2. The molecule has 0 aliphatic carbocycles. The van der Waals surface area contributed by atoms with Crippen molar-refractivity contribution in [1.29, 1.82) is 0 Å². The zero-order valence-electron chi connectivity index (χ0n) is 17.3. The van der Waals surface area contributed by atoms with Crippen molar-refractivity contribution in [3.05, 3.63) is 76.8 Å². The summed E-state index contributed by atoms with van der Waals surface area (Å²) in [5.74, 6) is -0.537. The van der Waals surface area contributed by atoms with Gasteiger partial charge in [-0.3, -0.25) is 9.69 Å². The number of hydrogen-bond donors (Lipinski definition) is 0. The van der Waals surface area contributed by atoms with E-state index in [-0.39, 0.29) is 24.5 Å². The maximum Gasteiger partial charge on any atom is 0.416 e. The Bertz CT molecular complexity index is 1260. The number of halogens is 5. The molecule has 33 heavy (non-hydrogen) atoms. The number of fused-ring (bicyclic) bond motifs is 1. The van der Waals surface area contributed by atoms with Crippen molar-refractivity contribution >= 4 is 56.6 Å². The number of alkyl halides is 3. The molecular formula is C22H19Cl2F3N4OS. The Labute approximate surface area is 203 Å². The average Bonchev–Trinajstić information content (AvgIpc) is 3.40. The summed E-state index contributed by atoms with van der Waals surface area (Å²) in [4.78, 5) is 23.4. The van der Waals surface area contributed by atoms with E-state index >= 15 is 0 Å². The average molecular weight is 515 g/mol. The zero-order valence-corrected chi connectivity index (χ0v) is 19.7. The van der Waals surface area contributed by atoms with Gasteiger partial charge in [0.25, 0.3) is 5.91 Å². The minimum Gasteiger partial charge on any atom is -0.337 e. The Kier molecular flexibility index (Phi) is 7.66. The standard InChI is InChI=1S/C22H18ClF3N4OS.ClH/c1-14-10-17(23)12-18-19(14)28-21(32-18)30(8-3-7-29-9-6-27-13-29)20(31)15-4-2-5-16(11-15)22(24,25)26;/h2,4-6,9-13H,3,7-8H2,1H3;1H. The number of rotatable bonds is 6. The van der Waals surface area contributed by atoms with Gasteiger partial charge in [-0.05, 0) is 49.2 Å². The van der Waals surface area contributed by atoms with E-state index in [1.165, 1.54) is 28.4 Å².